The highest BCUT2D eigenvalue weighted by Gasteiger charge is 2.23. The molecule has 168 valence electrons. The third-order valence-corrected chi connectivity index (χ3v) is 6.88. The lowest BCUT2D eigenvalue weighted by atomic mass is 10.1. The summed E-state index contributed by atoms with van der Waals surface area (Å²) in [7, 11) is 2.56. The lowest BCUT2D eigenvalue weighted by Crippen LogP contribution is -2.43. The van der Waals surface area contributed by atoms with Gasteiger partial charge in [0.25, 0.3) is 0 Å². The highest BCUT2D eigenvalue weighted by molar-refractivity contribution is 7.84. The first kappa shape index (κ1) is 23.3. The Morgan fingerprint density at radius 3 is 2.45 bits per heavy atom. The summed E-state index contributed by atoms with van der Waals surface area (Å²) < 4.78 is 17.7. The van der Waals surface area contributed by atoms with E-state index in [2.05, 4.69) is 32.7 Å². The summed E-state index contributed by atoms with van der Waals surface area (Å²) in [6, 6.07) is 18.6. The standard InChI is InChI=1S/C24H34N4O2S/c1-25-24(26-14-17-31(29)19-20-8-4-3-5-9-20)27-18-23(28-15-6-7-16-28)21-10-12-22(30-2)13-11-21/h3-5,8-13,23H,6-7,14-19H2,1-2H3,(H2,25,26,27). The molecule has 0 spiro atoms. The van der Waals surface area contributed by atoms with Crippen LogP contribution in [0.5, 0.6) is 5.75 Å². The van der Waals surface area contributed by atoms with Crippen molar-refractivity contribution in [2.24, 2.45) is 4.99 Å². The number of nitrogens with zero attached hydrogens (tertiary/aromatic N) is 2. The van der Waals surface area contributed by atoms with Crippen LogP contribution in [0.3, 0.4) is 0 Å². The first-order valence-corrected chi connectivity index (χ1v) is 12.4. The summed E-state index contributed by atoms with van der Waals surface area (Å²) in [4.78, 5) is 6.87. The Morgan fingerprint density at radius 2 is 1.81 bits per heavy atom. The topological polar surface area (TPSA) is 66.0 Å². The molecule has 0 aromatic heterocycles. The van der Waals surface area contributed by atoms with Gasteiger partial charge in [-0.2, -0.15) is 0 Å². The molecule has 0 saturated carbocycles. The predicted octanol–water partition coefficient (Wildman–Crippen LogP) is 2.95. The number of hydrogen-bond acceptors (Lipinski definition) is 4. The van der Waals surface area contributed by atoms with Gasteiger partial charge >= 0.3 is 0 Å². The molecule has 0 aliphatic carbocycles. The van der Waals surface area contributed by atoms with Crippen LogP contribution in [-0.4, -0.2) is 61.2 Å². The molecule has 2 aromatic carbocycles. The van der Waals surface area contributed by atoms with Crippen LogP contribution in [0.25, 0.3) is 0 Å². The normalized spacial score (nSPS) is 16.6. The zero-order chi connectivity index (χ0) is 21.9. The molecule has 0 bridgehead atoms. The van der Waals surface area contributed by atoms with Crippen molar-refractivity contribution in [2.75, 3.05) is 46.1 Å². The fourth-order valence-corrected chi connectivity index (χ4v) is 4.90. The van der Waals surface area contributed by atoms with Gasteiger partial charge in [-0.05, 0) is 49.2 Å². The number of hydrogen-bond donors (Lipinski definition) is 2. The maximum Gasteiger partial charge on any atom is 0.191 e. The van der Waals surface area contributed by atoms with Crippen molar-refractivity contribution in [3.63, 3.8) is 0 Å². The molecule has 1 aliphatic rings. The fourth-order valence-electron chi connectivity index (χ4n) is 3.87. The van der Waals surface area contributed by atoms with E-state index < -0.39 is 10.8 Å². The molecular formula is C24H34N4O2S. The van der Waals surface area contributed by atoms with E-state index in [4.69, 9.17) is 4.74 Å². The third kappa shape index (κ3) is 7.36. The fraction of sp³-hybridized carbons (Fsp3) is 0.458. The van der Waals surface area contributed by atoms with Crippen LogP contribution in [0.15, 0.2) is 59.6 Å². The molecule has 2 N–H and O–H groups in total. The van der Waals surface area contributed by atoms with Gasteiger partial charge in [-0.3, -0.25) is 14.1 Å². The van der Waals surface area contributed by atoms with Gasteiger partial charge in [-0.1, -0.05) is 42.5 Å². The number of ether oxygens (including phenoxy) is 1. The van der Waals surface area contributed by atoms with E-state index in [-0.39, 0.29) is 6.04 Å². The molecule has 3 rings (SSSR count). The minimum absolute atomic E-state index is 0.277. The van der Waals surface area contributed by atoms with E-state index in [1.54, 1.807) is 14.2 Å². The second kappa shape index (κ2) is 12.5. The highest BCUT2D eigenvalue weighted by Crippen LogP contribution is 2.26. The average molecular weight is 443 g/mol. The van der Waals surface area contributed by atoms with Gasteiger partial charge in [-0.25, -0.2) is 0 Å². The first-order valence-electron chi connectivity index (χ1n) is 10.9. The van der Waals surface area contributed by atoms with Crippen LogP contribution in [0, 0.1) is 0 Å². The maximum atomic E-state index is 12.4. The van der Waals surface area contributed by atoms with Crippen molar-refractivity contribution in [2.45, 2.75) is 24.6 Å². The van der Waals surface area contributed by atoms with Crippen molar-refractivity contribution in [3.8, 4) is 5.75 Å². The SMILES string of the molecule is CN=C(NCCS(=O)Cc1ccccc1)NCC(c1ccc(OC)cc1)N1CCCC1. The summed E-state index contributed by atoms with van der Waals surface area (Å²) in [5, 5.41) is 6.77. The summed E-state index contributed by atoms with van der Waals surface area (Å²) >= 11 is 0. The van der Waals surface area contributed by atoms with E-state index in [1.807, 2.05) is 42.5 Å². The molecule has 1 heterocycles. The number of likely N-dealkylation sites (tertiary alicyclic amines) is 1. The maximum absolute atomic E-state index is 12.4. The Bertz CT molecular complexity index is 836. The summed E-state index contributed by atoms with van der Waals surface area (Å²) in [5.74, 6) is 2.79. The first-order chi connectivity index (χ1) is 15.2. The van der Waals surface area contributed by atoms with Gasteiger partial charge in [0, 0.05) is 42.4 Å². The van der Waals surface area contributed by atoms with Crippen LogP contribution >= 0.6 is 0 Å². The van der Waals surface area contributed by atoms with E-state index in [0.717, 1.165) is 36.9 Å². The Balaban J connectivity index is 1.50. The largest absolute Gasteiger partial charge is 0.497 e. The second-order valence-corrected chi connectivity index (χ2v) is 9.26. The monoisotopic (exact) mass is 442 g/mol. The molecule has 7 heteroatoms. The zero-order valence-corrected chi connectivity index (χ0v) is 19.4. The van der Waals surface area contributed by atoms with Crippen LogP contribution in [-0.2, 0) is 16.6 Å². The second-order valence-electron chi connectivity index (χ2n) is 7.69. The lowest BCUT2D eigenvalue weighted by molar-refractivity contribution is 0.245. The van der Waals surface area contributed by atoms with Gasteiger partial charge in [0.05, 0.1) is 13.2 Å². The molecule has 0 amide bonds. The quantitative estimate of drug-likeness (QED) is 0.438. The predicted molar refractivity (Wildman–Crippen MR) is 129 cm³/mol. The van der Waals surface area contributed by atoms with Crippen LogP contribution in [0.2, 0.25) is 0 Å². The molecule has 2 unspecified atom stereocenters. The molecule has 31 heavy (non-hydrogen) atoms. The number of methoxy groups -OCH3 is 1. The van der Waals surface area contributed by atoms with Crippen LogP contribution in [0.4, 0.5) is 0 Å². The van der Waals surface area contributed by atoms with Crippen molar-refractivity contribution < 1.29 is 8.95 Å². The van der Waals surface area contributed by atoms with Crippen LogP contribution < -0.4 is 15.4 Å². The van der Waals surface area contributed by atoms with Gasteiger partial charge in [0.15, 0.2) is 5.96 Å². The summed E-state index contributed by atoms with van der Waals surface area (Å²) in [6.07, 6.45) is 2.49. The number of nitrogens with one attached hydrogen (secondary N) is 2. The van der Waals surface area contributed by atoms with Gasteiger partial charge in [0.1, 0.15) is 5.75 Å². The van der Waals surface area contributed by atoms with Gasteiger partial charge < -0.3 is 15.4 Å². The van der Waals surface area contributed by atoms with Crippen LogP contribution in [0.1, 0.15) is 30.0 Å². The lowest BCUT2D eigenvalue weighted by Gasteiger charge is -2.29. The van der Waals surface area contributed by atoms with Gasteiger partial charge in [-0.15, -0.1) is 0 Å². The molecule has 1 aliphatic heterocycles. The smallest absolute Gasteiger partial charge is 0.191 e. The summed E-state index contributed by atoms with van der Waals surface area (Å²) in [6.45, 7) is 3.61. The highest BCUT2D eigenvalue weighted by atomic mass is 32.2. The van der Waals surface area contributed by atoms with Gasteiger partial charge in [0.2, 0.25) is 0 Å². The Kier molecular flexibility index (Phi) is 9.37. The minimum Gasteiger partial charge on any atom is -0.497 e. The zero-order valence-electron chi connectivity index (χ0n) is 18.5. The Morgan fingerprint density at radius 1 is 1.10 bits per heavy atom. The van der Waals surface area contributed by atoms with Crippen molar-refractivity contribution >= 4 is 16.8 Å². The van der Waals surface area contributed by atoms with Crippen molar-refractivity contribution in [1.82, 2.24) is 15.5 Å². The molecule has 2 atom stereocenters. The molecule has 6 nitrogen and oxygen atoms in total. The van der Waals surface area contributed by atoms with E-state index in [1.165, 1.54) is 18.4 Å². The number of benzene rings is 2. The number of guanidine groups is 1. The van der Waals surface area contributed by atoms with Crippen molar-refractivity contribution in [1.29, 1.82) is 0 Å². The molecule has 2 aromatic rings. The Labute approximate surface area is 188 Å². The number of aliphatic imine (C=N–C) groups is 1. The molecular weight excluding hydrogens is 408 g/mol. The van der Waals surface area contributed by atoms with Crippen molar-refractivity contribution in [3.05, 3.63) is 65.7 Å². The average Bonchev–Trinajstić information content (AvgIpc) is 3.33. The third-order valence-electron chi connectivity index (χ3n) is 5.56. The molecule has 0 radical (unpaired) electrons. The summed E-state index contributed by atoms with van der Waals surface area (Å²) in [5.41, 5.74) is 2.38. The minimum atomic E-state index is -0.902. The molecule has 1 fully saturated rings. The van der Waals surface area contributed by atoms with E-state index in [0.29, 0.717) is 18.1 Å². The number of rotatable bonds is 10. The molecule has 1 saturated heterocycles. The van der Waals surface area contributed by atoms with E-state index >= 15 is 0 Å². The Hall–Kier alpha value is -2.38. The van der Waals surface area contributed by atoms with E-state index in [9.17, 15) is 4.21 Å².